The second-order valence-electron chi connectivity index (χ2n) is 4.20. The first kappa shape index (κ1) is 11.5. The highest BCUT2D eigenvalue weighted by Crippen LogP contribution is 2.04. The van der Waals surface area contributed by atoms with E-state index in [1.54, 1.807) is 0 Å². The van der Waals surface area contributed by atoms with Crippen molar-refractivity contribution >= 4 is 5.91 Å². The van der Waals surface area contributed by atoms with Gasteiger partial charge in [0.2, 0.25) is 5.91 Å². The molecule has 1 aliphatic rings. The number of nitrogens with one attached hydrogen (secondary N) is 1. The molecule has 1 aliphatic heterocycles. The van der Waals surface area contributed by atoms with Crippen molar-refractivity contribution in [3.05, 3.63) is 0 Å². The second kappa shape index (κ2) is 5.32. The van der Waals surface area contributed by atoms with E-state index in [1.165, 1.54) is 0 Å². The molecule has 0 radical (unpaired) electrons. The molecule has 0 spiro atoms. The van der Waals surface area contributed by atoms with Crippen molar-refractivity contribution in [1.82, 2.24) is 15.1 Å². The number of hydrogen-bond acceptors (Lipinski definition) is 3. The van der Waals surface area contributed by atoms with Gasteiger partial charge in [0.1, 0.15) is 0 Å². The maximum absolute atomic E-state index is 11.5. The van der Waals surface area contributed by atoms with Crippen molar-refractivity contribution in [1.29, 1.82) is 0 Å². The van der Waals surface area contributed by atoms with E-state index >= 15 is 0 Å². The normalized spacial score (nSPS) is 22.4. The average Bonchev–Trinajstić information content (AvgIpc) is 2.43. The topological polar surface area (TPSA) is 35.6 Å². The van der Waals surface area contributed by atoms with E-state index in [2.05, 4.69) is 24.3 Å². The Kier molecular flexibility index (Phi) is 4.35. The molecule has 14 heavy (non-hydrogen) atoms. The van der Waals surface area contributed by atoms with E-state index in [0.717, 1.165) is 32.6 Å². The van der Waals surface area contributed by atoms with Gasteiger partial charge < -0.3 is 9.80 Å². The Morgan fingerprint density at radius 2 is 2.21 bits per heavy atom. The van der Waals surface area contributed by atoms with E-state index in [-0.39, 0.29) is 11.9 Å². The van der Waals surface area contributed by atoms with Gasteiger partial charge in [-0.05, 0) is 40.4 Å². The highest BCUT2D eigenvalue weighted by atomic mass is 16.2. The number of carbonyl (C=O) groups excluding carboxylic acids is 1. The fourth-order valence-corrected chi connectivity index (χ4v) is 1.61. The zero-order valence-corrected chi connectivity index (χ0v) is 9.42. The van der Waals surface area contributed by atoms with Crippen LogP contribution in [0.5, 0.6) is 0 Å². The smallest absolute Gasteiger partial charge is 0.240 e. The standard InChI is InChI=1S/C10H21N3O/c1-9-10(14)13(8-11-9)7-5-4-6-12(2)3/h9,11H,4-8H2,1-3H3. The van der Waals surface area contributed by atoms with Crippen LogP contribution in [0.3, 0.4) is 0 Å². The summed E-state index contributed by atoms with van der Waals surface area (Å²) in [5.74, 6) is 0.245. The van der Waals surface area contributed by atoms with Crippen LogP contribution in [-0.4, -0.2) is 55.6 Å². The Morgan fingerprint density at radius 3 is 2.71 bits per heavy atom. The Labute approximate surface area is 86.2 Å². The molecule has 82 valence electrons. The van der Waals surface area contributed by atoms with Crippen LogP contribution < -0.4 is 5.32 Å². The molecule has 1 unspecified atom stereocenters. The van der Waals surface area contributed by atoms with E-state index in [1.807, 2.05) is 11.8 Å². The molecule has 0 saturated carbocycles. The molecule has 1 saturated heterocycles. The summed E-state index contributed by atoms with van der Waals surface area (Å²) in [5.41, 5.74) is 0. The van der Waals surface area contributed by atoms with Gasteiger partial charge in [0, 0.05) is 6.54 Å². The van der Waals surface area contributed by atoms with Crippen molar-refractivity contribution in [2.45, 2.75) is 25.8 Å². The third-order valence-corrected chi connectivity index (χ3v) is 2.55. The molecular formula is C10H21N3O. The molecule has 0 bridgehead atoms. The molecule has 1 rings (SSSR count). The molecule has 0 aromatic carbocycles. The van der Waals surface area contributed by atoms with Gasteiger partial charge in [-0.1, -0.05) is 0 Å². The maximum Gasteiger partial charge on any atom is 0.240 e. The quantitative estimate of drug-likeness (QED) is 0.638. The molecule has 4 heteroatoms. The Hall–Kier alpha value is -0.610. The summed E-state index contributed by atoms with van der Waals surface area (Å²) in [6.45, 7) is 4.64. The van der Waals surface area contributed by atoms with E-state index in [4.69, 9.17) is 0 Å². The Morgan fingerprint density at radius 1 is 1.50 bits per heavy atom. The van der Waals surface area contributed by atoms with Crippen molar-refractivity contribution in [3.8, 4) is 0 Å². The predicted molar refractivity (Wildman–Crippen MR) is 57.0 cm³/mol. The van der Waals surface area contributed by atoms with Crippen LogP contribution in [0.2, 0.25) is 0 Å². The molecule has 1 fully saturated rings. The van der Waals surface area contributed by atoms with Crippen LogP contribution in [0.15, 0.2) is 0 Å². The molecule has 0 aromatic rings. The first-order valence-electron chi connectivity index (χ1n) is 5.28. The molecule has 1 N–H and O–H groups in total. The largest absolute Gasteiger partial charge is 0.329 e. The minimum Gasteiger partial charge on any atom is -0.329 e. The van der Waals surface area contributed by atoms with Gasteiger partial charge in [0.15, 0.2) is 0 Å². The third-order valence-electron chi connectivity index (χ3n) is 2.55. The number of carbonyl (C=O) groups is 1. The van der Waals surface area contributed by atoms with E-state index in [0.29, 0.717) is 0 Å². The van der Waals surface area contributed by atoms with Gasteiger partial charge in [0.05, 0.1) is 12.7 Å². The summed E-state index contributed by atoms with van der Waals surface area (Å²) in [4.78, 5) is 15.6. The maximum atomic E-state index is 11.5. The monoisotopic (exact) mass is 199 g/mol. The van der Waals surface area contributed by atoms with Crippen LogP contribution in [0.1, 0.15) is 19.8 Å². The zero-order valence-electron chi connectivity index (χ0n) is 9.42. The number of hydrogen-bond donors (Lipinski definition) is 1. The van der Waals surface area contributed by atoms with Crippen LogP contribution in [0.4, 0.5) is 0 Å². The van der Waals surface area contributed by atoms with Crippen LogP contribution in [-0.2, 0) is 4.79 Å². The number of unbranched alkanes of at least 4 members (excludes halogenated alkanes) is 1. The highest BCUT2D eigenvalue weighted by Gasteiger charge is 2.26. The molecule has 4 nitrogen and oxygen atoms in total. The molecule has 1 atom stereocenters. The van der Waals surface area contributed by atoms with Crippen molar-refractivity contribution in [2.24, 2.45) is 0 Å². The van der Waals surface area contributed by atoms with Gasteiger partial charge in [-0.15, -0.1) is 0 Å². The van der Waals surface area contributed by atoms with Crippen molar-refractivity contribution < 1.29 is 4.79 Å². The lowest BCUT2D eigenvalue weighted by Crippen LogP contribution is -2.29. The Bertz CT molecular complexity index is 194. The summed E-state index contributed by atoms with van der Waals surface area (Å²) in [6, 6.07) is 0.0175. The average molecular weight is 199 g/mol. The molecular weight excluding hydrogens is 178 g/mol. The summed E-state index contributed by atoms with van der Waals surface area (Å²) < 4.78 is 0. The third kappa shape index (κ3) is 3.27. The number of nitrogens with zero attached hydrogens (tertiary/aromatic N) is 2. The fourth-order valence-electron chi connectivity index (χ4n) is 1.61. The van der Waals surface area contributed by atoms with Crippen LogP contribution in [0, 0.1) is 0 Å². The van der Waals surface area contributed by atoms with E-state index in [9.17, 15) is 4.79 Å². The predicted octanol–water partition coefficient (Wildman–Crippen LogP) is 0.106. The summed E-state index contributed by atoms with van der Waals surface area (Å²) in [6.07, 6.45) is 2.25. The fraction of sp³-hybridized carbons (Fsp3) is 0.900. The molecule has 1 heterocycles. The lowest BCUT2D eigenvalue weighted by atomic mass is 10.2. The van der Waals surface area contributed by atoms with Gasteiger partial charge in [-0.3, -0.25) is 10.1 Å². The Balaban J connectivity index is 2.10. The van der Waals surface area contributed by atoms with Gasteiger partial charge in [-0.25, -0.2) is 0 Å². The van der Waals surface area contributed by atoms with Crippen molar-refractivity contribution in [3.63, 3.8) is 0 Å². The van der Waals surface area contributed by atoms with E-state index < -0.39 is 0 Å². The summed E-state index contributed by atoms with van der Waals surface area (Å²) in [7, 11) is 4.15. The van der Waals surface area contributed by atoms with Gasteiger partial charge >= 0.3 is 0 Å². The highest BCUT2D eigenvalue weighted by molar-refractivity contribution is 5.83. The minimum atomic E-state index is 0.0175. The SMILES string of the molecule is CC1NCN(CCCCN(C)C)C1=O. The first-order chi connectivity index (χ1) is 6.61. The summed E-state index contributed by atoms with van der Waals surface area (Å²) in [5, 5.41) is 3.13. The minimum absolute atomic E-state index is 0.0175. The molecule has 0 aliphatic carbocycles. The van der Waals surface area contributed by atoms with Gasteiger partial charge in [0.25, 0.3) is 0 Å². The molecule has 1 amide bonds. The molecule has 0 aromatic heterocycles. The first-order valence-corrected chi connectivity index (χ1v) is 5.28. The van der Waals surface area contributed by atoms with Crippen LogP contribution >= 0.6 is 0 Å². The second-order valence-corrected chi connectivity index (χ2v) is 4.20. The van der Waals surface area contributed by atoms with Crippen molar-refractivity contribution in [2.75, 3.05) is 33.9 Å². The number of amides is 1. The lowest BCUT2D eigenvalue weighted by Gasteiger charge is -2.15. The summed E-state index contributed by atoms with van der Waals surface area (Å²) >= 11 is 0. The number of rotatable bonds is 5. The lowest BCUT2D eigenvalue weighted by molar-refractivity contribution is -0.128. The van der Waals surface area contributed by atoms with Gasteiger partial charge in [-0.2, -0.15) is 0 Å². The van der Waals surface area contributed by atoms with Crippen LogP contribution in [0.25, 0.3) is 0 Å². The zero-order chi connectivity index (χ0) is 10.6.